The van der Waals surface area contributed by atoms with Gasteiger partial charge in [-0.2, -0.15) is 13.2 Å². The Hall–Kier alpha value is -1.42. The molecule has 188 valence electrons. The number of hydrogen-bond donors (Lipinski definition) is 2. The average molecular weight is 477 g/mol. The minimum absolute atomic E-state index is 0.0167. The average Bonchev–Trinajstić information content (AvgIpc) is 3.23. The monoisotopic (exact) mass is 476 g/mol. The van der Waals surface area contributed by atoms with Gasteiger partial charge in [-0.1, -0.05) is 6.92 Å². The van der Waals surface area contributed by atoms with E-state index in [9.17, 15) is 27.2 Å². The molecule has 0 aromatic carbocycles. The second kappa shape index (κ2) is 9.68. The van der Waals surface area contributed by atoms with E-state index in [0.717, 1.165) is 6.42 Å². The first kappa shape index (κ1) is 24.7. The summed E-state index contributed by atoms with van der Waals surface area (Å²) in [4.78, 5) is 28.3. The predicted molar refractivity (Wildman–Crippen MR) is 115 cm³/mol. The van der Waals surface area contributed by atoms with Crippen LogP contribution in [-0.4, -0.2) is 84.3 Å². The van der Waals surface area contributed by atoms with Crippen molar-refractivity contribution in [1.29, 1.82) is 0 Å². The molecule has 0 spiro atoms. The zero-order chi connectivity index (χ0) is 23.9. The van der Waals surface area contributed by atoms with E-state index >= 15 is 0 Å². The van der Waals surface area contributed by atoms with Gasteiger partial charge in [0.1, 0.15) is 6.17 Å². The van der Waals surface area contributed by atoms with Gasteiger partial charge in [0, 0.05) is 57.1 Å². The Morgan fingerprint density at radius 3 is 2.30 bits per heavy atom. The maximum Gasteiger partial charge on any atom is 0.391 e. The van der Waals surface area contributed by atoms with Gasteiger partial charge < -0.3 is 15.5 Å². The lowest BCUT2D eigenvalue weighted by Crippen LogP contribution is -2.57. The number of piperazine rings is 1. The largest absolute Gasteiger partial charge is 0.391 e. The molecule has 0 radical (unpaired) electrons. The summed E-state index contributed by atoms with van der Waals surface area (Å²) in [5.74, 6) is -1.73. The molecule has 10 heteroatoms. The van der Waals surface area contributed by atoms with Gasteiger partial charge >= 0.3 is 6.18 Å². The van der Waals surface area contributed by atoms with E-state index in [1.165, 1.54) is 6.92 Å². The van der Waals surface area contributed by atoms with E-state index in [1.807, 2.05) is 4.90 Å². The van der Waals surface area contributed by atoms with Gasteiger partial charge in [0.25, 0.3) is 0 Å². The summed E-state index contributed by atoms with van der Waals surface area (Å²) >= 11 is 0. The number of rotatable bonds is 3. The second-order valence-electron chi connectivity index (χ2n) is 10.6. The molecule has 2 saturated carbocycles. The van der Waals surface area contributed by atoms with E-state index in [0.29, 0.717) is 45.4 Å². The van der Waals surface area contributed by atoms with E-state index in [-0.39, 0.29) is 48.6 Å². The molecule has 6 nitrogen and oxygen atoms in total. The van der Waals surface area contributed by atoms with Gasteiger partial charge in [0.05, 0.1) is 12.0 Å². The van der Waals surface area contributed by atoms with Crippen molar-refractivity contribution in [3.63, 3.8) is 0 Å². The molecular formula is C23H36F4N4O2. The Morgan fingerprint density at radius 1 is 1.00 bits per heavy atom. The molecule has 33 heavy (non-hydrogen) atoms. The fraction of sp³-hybridized carbons (Fsp3) is 0.913. The molecule has 0 aromatic heterocycles. The van der Waals surface area contributed by atoms with Crippen LogP contribution in [0.2, 0.25) is 0 Å². The zero-order valence-electron chi connectivity index (χ0n) is 19.4. The molecule has 2 N–H and O–H groups in total. The number of nitrogens with zero attached hydrogens (tertiary/aromatic N) is 2. The number of halogens is 4. The highest BCUT2D eigenvalue weighted by molar-refractivity contribution is 5.82. The summed E-state index contributed by atoms with van der Waals surface area (Å²) in [6.07, 6.45) is -3.22. The Morgan fingerprint density at radius 2 is 1.70 bits per heavy atom. The van der Waals surface area contributed by atoms with Gasteiger partial charge in [0.2, 0.25) is 11.8 Å². The molecule has 2 aliphatic carbocycles. The van der Waals surface area contributed by atoms with Crippen LogP contribution in [0.5, 0.6) is 0 Å². The van der Waals surface area contributed by atoms with Crippen molar-refractivity contribution in [3.8, 4) is 0 Å². The number of carbonyl (C=O) groups excluding carboxylic acids is 2. The van der Waals surface area contributed by atoms with Crippen LogP contribution in [0.1, 0.15) is 52.4 Å². The number of fused-ring (bicyclic) bond motifs is 1. The standard InChI is InChI=1S/C23H36F4N4O2/c1-13-3-4-19(24)18-12-20(29-21(13)18)22(33)28-16-9-15(23(25,26)27)10-17(11-16)31-7-5-30(6-8-31)14(2)32/h13,15-21,29H,3-12H2,1-2H3,(H,28,33). The normalized spacial score (nSPS) is 40.4. The van der Waals surface area contributed by atoms with Crippen LogP contribution < -0.4 is 10.6 Å². The SMILES string of the molecule is CC(=O)N1CCN(C2CC(NC(=O)C3CC4C(F)CCC(C)C4N3)CC(C(F)(F)F)C2)CC1. The lowest BCUT2D eigenvalue weighted by Gasteiger charge is -2.44. The van der Waals surface area contributed by atoms with Crippen LogP contribution in [0.3, 0.4) is 0 Å². The number of alkyl halides is 4. The van der Waals surface area contributed by atoms with Gasteiger partial charge in [0.15, 0.2) is 0 Å². The molecule has 8 unspecified atom stereocenters. The van der Waals surface area contributed by atoms with Crippen molar-refractivity contribution in [3.05, 3.63) is 0 Å². The highest BCUT2D eigenvalue weighted by Gasteiger charge is 2.49. The first-order valence-electron chi connectivity index (χ1n) is 12.3. The maximum absolute atomic E-state index is 14.4. The van der Waals surface area contributed by atoms with E-state index in [2.05, 4.69) is 17.6 Å². The Bertz CT molecular complexity index is 710. The molecule has 2 heterocycles. The number of carbonyl (C=O) groups is 2. The van der Waals surface area contributed by atoms with Crippen molar-refractivity contribution in [1.82, 2.24) is 20.4 Å². The lowest BCUT2D eigenvalue weighted by molar-refractivity contribution is -0.190. The Labute approximate surface area is 192 Å². The molecule has 8 atom stereocenters. The second-order valence-corrected chi connectivity index (χ2v) is 10.6. The lowest BCUT2D eigenvalue weighted by atomic mass is 9.77. The smallest absolute Gasteiger partial charge is 0.352 e. The fourth-order valence-electron chi connectivity index (χ4n) is 6.48. The Balaban J connectivity index is 1.39. The maximum atomic E-state index is 14.4. The quantitative estimate of drug-likeness (QED) is 0.615. The summed E-state index contributed by atoms with van der Waals surface area (Å²) in [6.45, 7) is 5.66. The molecule has 4 fully saturated rings. The van der Waals surface area contributed by atoms with Crippen LogP contribution in [0, 0.1) is 17.8 Å². The van der Waals surface area contributed by atoms with Gasteiger partial charge in [-0.3, -0.25) is 14.5 Å². The molecule has 4 aliphatic rings. The Kier molecular flexibility index (Phi) is 7.24. The van der Waals surface area contributed by atoms with E-state index in [1.54, 1.807) is 4.90 Å². The third-order valence-electron chi connectivity index (χ3n) is 8.42. The molecule has 2 amide bonds. The predicted octanol–water partition coefficient (Wildman–Crippen LogP) is 2.48. The first-order valence-corrected chi connectivity index (χ1v) is 12.3. The number of amides is 2. The topological polar surface area (TPSA) is 64.7 Å². The van der Waals surface area contributed by atoms with Gasteiger partial charge in [-0.25, -0.2) is 4.39 Å². The van der Waals surface area contributed by atoms with Crippen LogP contribution >= 0.6 is 0 Å². The molecule has 0 aromatic rings. The third-order valence-corrected chi connectivity index (χ3v) is 8.42. The third kappa shape index (κ3) is 5.47. The van der Waals surface area contributed by atoms with Crippen molar-refractivity contribution in [2.75, 3.05) is 26.2 Å². The number of nitrogens with one attached hydrogen (secondary N) is 2. The van der Waals surface area contributed by atoms with Gasteiger partial charge in [-0.05, 0) is 44.4 Å². The van der Waals surface area contributed by atoms with E-state index in [4.69, 9.17) is 0 Å². The van der Waals surface area contributed by atoms with Gasteiger partial charge in [-0.15, -0.1) is 0 Å². The first-order chi connectivity index (χ1) is 15.5. The summed E-state index contributed by atoms with van der Waals surface area (Å²) in [5.41, 5.74) is 0. The van der Waals surface area contributed by atoms with Crippen molar-refractivity contribution in [2.24, 2.45) is 17.8 Å². The van der Waals surface area contributed by atoms with Crippen LogP contribution in [0.25, 0.3) is 0 Å². The van der Waals surface area contributed by atoms with Crippen molar-refractivity contribution < 1.29 is 27.2 Å². The van der Waals surface area contributed by atoms with Crippen molar-refractivity contribution >= 4 is 11.8 Å². The summed E-state index contributed by atoms with van der Waals surface area (Å²) < 4.78 is 55.5. The van der Waals surface area contributed by atoms with Crippen molar-refractivity contribution in [2.45, 2.75) is 88.9 Å². The molecule has 0 bridgehead atoms. The van der Waals surface area contributed by atoms with E-state index < -0.39 is 30.3 Å². The summed E-state index contributed by atoms with van der Waals surface area (Å²) in [7, 11) is 0. The van der Waals surface area contributed by atoms with Crippen LogP contribution in [-0.2, 0) is 9.59 Å². The molecule has 2 saturated heterocycles. The molecule has 2 aliphatic heterocycles. The molecular weight excluding hydrogens is 440 g/mol. The summed E-state index contributed by atoms with van der Waals surface area (Å²) in [6, 6.07) is -1.47. The van der Waals surface area contributed by atoms with Crippen LogP contribution in [0.4, 0.5) is 17.6 Å². The zero-order valence-corrected chi connectivity index (χ0v) is 19.4. The molecule has 4 rings (SSSR count). The highest BCUT2D eigenvalue weighted by atomic mass is 19.4. The highest BCUT2D eigenvalue weighted by Crippen LogP contribution is 2.41. The fourth-order valence-corrected chi connectivity index (χ4v) is 6.48. The number of hydrogen-bond acceptors (Lipinski definition) is 4. The minimum Gasteiger partial charge on any atom is -0.352 e. The summed E-state index contributed by atoms with van der Waals surface area (Å²) in [5, 5.41) is 6.16. The minimum atomic E-state index is -4.32. The van der Waals surface area contributed by atoms with Crippen LogP contribution in [0.15, 0.2) is 0 Å².